The number of nitrogens with two attached hydrogens (primary N) is 3. The van der Waals surface area contributed by atoms with E-state index in [-0.39, 0.29) is 51.0 Å². The Morgan fingerprint density at radius 2 is 0.667 bits per heavy atom. The van der Waals surface area contributed by atoms with Crippen molar-refractivity contribution in [3.05, 3.63) is 0 Å². The van der Waals surface area contributed by atoms with Crippen molar-refractivity contribution >= 4 is 130 Å². The van der Waals surface area contributed by atoms with Gasteiger partial charge < -0.3 is 128 Å². The van der Waals surface area contributed by atoms with Gasteiger partial charge in [-0.2, -0.15) is 0 Å². The second kappa shape index (κ2) is 49.1. The van der Waals surface area contributed by atoms with Crippen molar-refractivity contribution in [2.24, 2.45) is 40.9 Å². The normalized spacial score (nSPS) is 15.7. The molecule has 1 aliphatic rings. The van der Waals surface area contributed by atoms with Crippen LogP contribution in [0.3, 0.4) is 0 Å². The third-order valence-electron chi connectivity index (χ3n) is 21.9. The second-order valence-corrected chi connectivity index (χ2v) is 39.6. The average Bonchev–Trinajstić information content (AvgIpc) is 1.54. The lowest BCUT2D eigenvalue weighted by Gasteiger charge is -2.36. The summed E-state index contributed by atoms with van der Waals surface area (Å²) in [6, 6.07) is -13.8. The number of nitrogens with one attached hydrogen (secondary N) is 18. The van der Waals surface area contributed by atoms with E-state index >= 15 is 0 Å². The van der Waals surface area contributed by atoms with Crippen LogP contribution in [0.1, 0.15) is 258 Å². The summed E-state index contributed by atoms with van der Waals surface area (Å²) in [6.45, 7) is 37.7. The van der Waals surface area contributed by atoms with Gasteiger partial charge >= 0.3 is 0 Å². The quantitative estimate of drug-likeness (QED) is 0.0270. The molecular formula is C86H150N22O24. The Balaban J connectivity index is 3.29. The summed E-state index contributed by atoms with van der Waals surface area (Å²) in [6.07, 6.45) is -1.37. The highest BCUT2D eigenvalue weighted by atomic mass is 16.3. The van der Waals surface area contributed by atoms with Crippen LogP contribution < -0.4 is 113 Å². The summed E-state index contributed by atoms with van der Waals surface area (Å²) >= 11 is 0. The van der Waals surface area contributed by atoms with Crippen molar-refractivity contribution < 1.29 is 116 Å². The molecule has 0 spiro atoms. The number of amides is 22. The van der Waals surface area contributed by atoms with Gasteiger partial charge in [0.2, 0.25) is 130 Å². The van der Waals surface area contributed by atoms with E-state index in [1.54, 1.807) is 27.7 Å². The highest BCUT2D eigenvalue weighted by Gasteiger charge is 2.49. The first-order valence-corrected chi connectivity index (χ1v) is 44.0. The van der Waals surface area contributed by atoms with Crippen molar-refractivity contribution in [2.45, 2.75) is 368 Å². The molecule has 0 aromatic heterocycles. The number of nitrogens with zero attached hydrogens (tertiary/aromatic N) is 1. The maximum atomic E-state index is 14.6. The molecule has 1 aliphatic heterocycles. The van der Waals surface area contributed by atoms with Crippen LogP contribution in [0.15, 0.2) is 0 Å². The molecule has 0 bridgehead atoms. The van der Waals surface area contributed by atoms with Gasteiger partial charge in [0.25, 0.3) is 0 Å². The highest BCUT2D eigenvalue weighted by Crippen LogP contribution is 2.25. The lowest BCUT2D eigenvalue weighted by Crippen LogP contribution is -2.68. The molecule has 11 atom stereocenters. The van der Waals surface area contributed by atoms with Crippen LogP contribution >= 0.6 is 0 Å². The van der Waals surface area contributed by atoms with Crippen LogP contribution in [0.2, 0.25) is 0 Å². The Bertz CT molecular complexity index is 4250. The SMILES string of the molecule is CC[C@H](C)[C@H](NC(=O)C(C)(C)NC(=O)C(C)(C)NC(=O)[C@H](C)NC(=O)C(C)(C)NC(C)=O)C(=O)N[C@@H](CCC(N)=O)C(=O)NC(C)(C)C(=O)NC(C)(C)C(=O)NC(C)(C)C(=O)N[C@@H](CO)C(=O)N[C@H](C(=O)NC(C)(C)C(=O)N1CCC[C@H]1C(=O)N[C@H](C(=O)NC(C)(C)C(=O)NC(C)(C)C(=O)N[C@@H](CCC(N)=O)C(=O)N[C@@H](CCC(N)=O)C(=O)N[C@H](CO)CC(C)C)C(C)C)C(C)C. The van der Waals surface area contributed by atoms with E-state index in [9.17, 15) is 116 Å². The molecule has 0 aliphatic carbocycles. The summed E-state index contributed by atoms with van der Waals surface area (Å²) in [7, 11) is 0. The highest BCUT2D eigenvalue weighted by molar-refractivity contribution is 6.05. The monoisotopic (exact) mass is 1880 g/mol. The number of aliphatic hydroxyl groups is 2. The fourth-order valence-corrected chi connectivity index (χ4v) is 13.1. The number of rotatable bonds is 53. The summed E-state index contributed by atoms with van der Waals surface area (Å²) in [5.41, 5.74) is -0.101. The molecule has 0 aromatic carbocycles. The van der Waals surface area contributed by atoms with E-state index in [0.717, 1.165) is 0 Å². The standard InChI is InChI=1S/C86H150N22O24/c1-29-45(8)59(98-72(127)81(17,18)105-73(128)82(19,20)100-60(115)46(9)90-69(124)78(11,12)99-47(10)111)66(121)93-51(34-37-56(89)114)64(119)101-83(21,22)74(129)107-85(25,26)76(131)106-80(15,16)71(126)95-52(41-110)63(118)96-57(43(4)5)68(123)103-86(27,28)77(132)108-38-30-31-53(108)65(120)97-58(44(6)7)67(122)102-84(23,24)75(130)104-79(13,14)70(125)94-50(33-36-55(88)113)62(117)92-49(32-35-54(87)112)61(116)91-48(40-109)39-42(2)3/h42-46,48-53,57-59,109-110H,29-41H2,1-28H3,(H2,87,112)(H2,88,113)(H2,89,114)(H,90,124)(H,91,116)(H,92,117)(H,93,121)(H,94,125)(H,95,126)(H,96,118)(H,97,120)(H,98,127)(H,99,111)(H,100,115)(H,101,119)(H,102,122)(H,103,123)(H,104,130)(H,105,128)(H,106,131)(H,107,129)/t45-,46-,48-,49-,50-,51-,52-,53-,57-,58-,59-/m0/s1. The van der Waals surface area contributed by atoms with E-state index in [0.29, 0.717) is 6.42 Å². The molecule has 0 radical (unpaired) electrons. The summed E-state index contributed by atoms with van der Waals surface area (Å²) in [4.78, 5) is 300. The van der Waals surface area contributed by atoms with Crippen molar-refractivity contribution in [3.63, 3.8) is 0 Å². The lowest BCUT2D eigenvalue weighted by atomic mass is 9.94. The van der Waals surface area contributed by atoms with Crippen molar-refractivity contribution in [1.82, 2.24) is 101 Å². The number of hydrogen-bond acceptors (Lipinski definition) is 24. The molecule has 46 heteroatoms. The first-order chi connectivity index (χ1) is 60.0. The molecule has 0 saturated carbocycles. The lowest BCUT2D eigenvalue weighted by molar-refractivity contribution is -0.146. The van der Waals surface area contributed by atoms with E-state index in [1.807, 2.05) is 13.8 Å². The van der Waals surface area contributed by atoms with Gasteiger partial charge in [0.1, 0.15) is 104 Å². The molecule has 132 heavy (non-hydrogen) atoms. The van der Waals surface area contributed by atoms with E-state index in [1.165, 1.54) is 157 Å². The minimum atomic E-state index is -1.96. The third kappa shape index (κ3) is 36.8. The minimum absolute atomic E-state index is 0.00227. The molecule has 22 amide bonds. The van der Waals surface area contributed by atoms with Crippen LogP contribution in [-0.2, 0) is 105 Å². The van der Waals surface area contributed by atoms with E-state index in [4.69, 9.17) is 17.2 Å². The Hall–Kier alpha value is -11.7. The topological polar surface area (TPSA) is 714 Å². The van der Waals surface area contributed by atoms with E-state index < -0.39 is 290 Å². The zero-order valence-electron chi connectivity index (χ0n) is 81.8. The minimum Gasteiger partial charge on any atom is -0.394 e. The molecule has 1 fully saturated rings. The fraction of sp³-hybridized carbons (Fsp3) is 0.744. The summed E-state index contributed by atoms with van der Waals surface area (Å²) < 4.78 is 0. The van der Waals surface area contributed by atoms with Crippen LogP contribution in [0.5, 0.6) is 0 Å². The fourth-order valence-electron chi connectivity index (χ4n) is 13.1. The Morgan fingerprint density at radius 1 is 0.341 bits per heavy atom. The maximum Gasteiger partial charge on any atom is 0.248 e. The van der Waals surface area contributed by atoms with Gasteiger partial charge in [0.05, 0.1) is 19.3 Å². The molecule has 0 aromatic rings. The summed E-state index contributed by atoms with van der Waals surface area (Å²) in [5.74, 6) is -21.5. The number of hydrogen-bond donors (Lipinski definition) is 23. The van der Waals surface area contributed by atoms with Crippen molar-refractivity contribution in [3.8, 4) is 0 Å². The first-order valence-electron chi connectivity index (χ1n) is 44.0. The van der Waals surface area contributed by atoms with Gasteiger partial charge in [-0.05, 0) is 194 Å². The predicted octanol–water partition coefficient (Wildman–Crippen LogP) is -5.38. The average molecular weight is 1880 g/mol. The largest absolute Gasteiger partial charge is 0.394 e. The van der Waals surface area contributed by atoms with Gasteiger partial charge in [0.15, 0.2) is 0 Å². The van der Waals surface area contributed by atoms with Gasteiger partial charge in [-0.25, -0.2) is 0 Å². The molecule has 1 heterocycles. The number of carbonyl (C=O) groups is 22. The number of likely N-dealkylation sites (tertiary alicyclic amines) is 1. The van der Waals surface area contributed by atoms with Crippen LogP contribution in [0.25, 0.3) is 0 Å². The Kier molecular flexibility index (Phi) is 44.0. The Labute approximate surface area is 772 Å². The second-order valence-electron chi connectivity index (χ2n) is 39.6. The zero-order chi connectivity index (χ0) is 103. The van der Waals surface area contributed by atoms with Crippen LogP contribution in [-0.4, -0.2) is 275 Å². The van der Waals surface area contributed by atoms with Gasteiger partial charge in [-0.3, -0.25) is 105 Å². The van der Waals surface area contributed by atoms with Crippen molar-refractivity contribution in [1.29, 1.82) is 0 Å². The van der Waals surface area contributed by atoms with Gasteiger partial charge in [0, 0.05) is 32.7 Å². The predicted molar refractivity (Wildman–Crippen MR) is 481 cm³/mol. The van der Waals surface area contributed by atoms with E-state index in [2.05, 4.69) is 95.7 Å². The van der Waals surface area contributed by atoms with Crippen molar-refractivity contribution in [2.75, 3.05) is 19.8 Å². The molecule has 46 nitrogen and oxygen atoms in total. The zero-order valence-corrected chi connectivity index (χ0v) is 81.8. The molecule has 0 unspecified atom stereocenters. The number of primary amides is 3. The molecule has 748 valence electrons. The first kappa shape index (κ1) is 118. The number of aliphatic hydroxyl groups excluding tert-OH is 2. The molecule has 1 saturated heterocycles. The van der Waals surface area contributed by atoms with Gasteiger partial charge in [-0.15, -0.1) is 0 Å². The number of carbonyl (C=O) groups excluding carboxylic acids is 22. The van der Waals surface area contributed by atoms with Crippen LogP contribution in [0, 0.1) is 23.7 Å². The van der Waals surface area contributed by atoms with Gasteiger partial charge in [-0.1, -0.05) is 61.8 Å². The summed E-state index contributed by atoms with van der Waals surface area (Å²) in [5, 5.41) is 65.9. The smallest absolute Gasteiger partial charge is 0.248 e. The van der Waals surface area contributed by atoms with Crippen LogP contribution in [0.4, 0.5) is 0 Å². The molecule has 26 N–H and O–H groups in total. The third-order valence-corrected chi connectivity index (χ3v) is 21.9. The molecule has 1 rings (SSSR count). The molecular weight excluding hydrogens is 1730 g/mol. The Morgan fingerprint density at radius 3 is 1.05 bits per heavy atom. The maximum absolute atomic E-state index is 14.6.